The number of Topliss-reactive ketones (excluding diaryl/α,β-unsaturated/α-hetero) is 1. The number of rotatable bonds is 5. The lowest BCUT2D eigenvalue weighted by Crippen LogP contribution is -2.69. The van der Waals surface area contributed by atoms with Crippen molar-refractivity contribution in [2.45, 2.75) is 68.7 Å². The third-order valence-corrected chi connectivity index (χ3v) is 11.2. The average molecular weight is 577 g/mol. The van der Waals surface area contributed by atoms with Gasteiger partial charge in [0.25, 0.3) is 10.1 Å². The van der Waals surface area contributed by atoms with Crippen LogP contribution in [0.25, 0.3) is 0 Å². The summed E-state index contributed by atoms with van der Waals surface area (Å²) >= 11 is 0. The number of aliphatic hydroxyl groups is 2. The highest BCUT2D eigenvalue weighted by atomic mass is 32.2. The Hall–Kier alpha value is -2.73. The van der Waals surface area contributed by atoms with E-state index in [1.54, 1.807) is 20.8 Å². The van der Waals surface area contributed by atoms with Gasteiger partial charge in [0.15, 0.2) is 18.1 Å². The molecule has 1 aromatic rings. The predicted molar refractivity (Wildman–Crippen MR) is 139 cm³/mol. The van der Waals surface area contributed by atoms with Crippen LogP contribution < -0.4 is 0 Å². The number of alkyl halides is 1. The number of benzene rings is 1. The maximum absolute atomic E-state index is 17.3. The summed E-state index contributed by atoms with van der Waals surface area (Å²) in [7, 11) is -4.57. The molecule has 0 amide bonds. The Morgan fingerprint density at radius 2 is 1.90 bits per heavy atom. The number of ether oxygens (including phenoxy) is 1. The van der Waals surface area contributed by atoms with Crippen LogP contribution in [0.1, 0.15) is 56.8 Å². The van der Waals surface area contributed by atoms with E-state index in [1.807, 2.05) is 0 Å². The first-order chi connectivity index (χ1) is 18.5. The summed E-state index contributed by atoms with van der Waals surface area (Å²) in [5, 5.41) is 23.4. The fraction of sp³-hybridized carbons (Fsp3) is 0.552. The van der Waals surface area contributed by atoms with Gasteiger partial charge in [-0.1, -0.05) is 31.6 Å². The van der Waals surface area contributed by atoms with E-state index in [0.717, 1.165) is 12.1 Å². The summed E-state index contributed by atoms with van der Waals surface area (Å²) in [6.45, 7) is 4.22. The van der Waals surface area contributed by atoms with E-state index in [-0.39, 0.29) is 17.8 Å². The van der Waals surface area contributed by atoms with Gasteiger partial charge in [0, 0.05) is 16.7 Å². The smallest absolute Gasteiger partial charge is 0.338 e. The SMILES string of the molecule is CC1C[C@H]2[C@@H]3CCC4=CC(=O)C=C[C@]4(C)[C@@]3(F)C(O)C[C@]2(C)[C@@]1(O)C(=O)COC(=O)c1cccc(S(=O)(=O)O)c1. The van der Waals surface area contributed by atoms with Gasteiger partial charge in [-0.2, -0.15) is 8.42 Å². The minimum absolute atomic E-state index is 0.216. The Balaban J connectivity index is 1.41. The molecule has 0 radical (unpaired) electrons. The van der Waals surface area contributed by atoms with Gasteiger partial charge in [-0.05, 0) is 74.8 Å². The quantitative estimate of drug-likeness (QED) is 0.354. The van der Waals surface area contributed by atoms with Gasteiger partial charge < -0.3 is 14.9 Å². The van der Waals surface area contributed by atoms with Crippen LogP contribution in [0.5, 0.6) is 0 Å². The number of hydrogen-bond acceptors (Lipinski definition) is 8. The molecule has 40 heavy (non-hydrogen) atoms. The lowest BCUT2D eigenvalue weighted by atomic mass is 9.44. The first kappa shape index (κ1) is 28.8. The van der Waals surface area contributed by atoms with Crippen LogP contribution >= 0.6 is 0 Å². The zero-order valence-electron chi connectivity index (χ0n) is 22.5. The van der Waals surface area contributed by atoms with Crippen LogP contribution in [-0.4, -0.2) is 64.7 Å². The van der Waals surface area contributed by atoms with Crippen LogP contribution in [0.4, 0.5) is 4.39 Å². The summed E-state index contributed by atoms with van der Waals surface area (Å²) in [5.74, 6) is -3.86. The highest BCUT2D eigenvalue weighted by Crippen LogP contribution is 2.70. The van der Waals surface area contributed by atoms with Gasteiger partial charge in [0.2, 0.25) is 5.78 Å². The molecule has 0 heterocycles. The van der Waals surface area contributed by atoms with Crippen molar-refractivity contribution in [1.29, 1.82) is 0 Å². The van der Waals surface area contributed by atoms with Crippen LogP contribution in [0, 0.1) is 28.6 Å². The van der Waals surface area contributed by atoms with Gasteiger partial charge >= 0.3 is 5.97 Å². The Labute approximate surface area is 231 Å². The molecule has 3 N–H and O–H groups in total. The largest absolute Gasteiger partial charge is 0.454 e. The molecule has 3 saturated carbocycles. The molecule has 5 rings (SSSR count). The Bertz CT molecular complexity index is 1470. The number of allylic oxidation sites excluding steroid dienone is 4. The second-order valence-electron chi connectivity index (χ2n) is 12.2. The number of hydrogen-bond donors (Lipinski definition) is 3. The molecule has 0 saturated heterocycles. The topological polar surface area (TPSA) is 155 Å². The van der Waals surface area contributed by atoms with Crippen molar-refractivity contribution in [2.75, 3.05) is 6.61 Å². The molecule has 8 atom stereocenters. The number of ketones is 2. The van der Waals surface area contributed by atoms with Gasteiger partial charge in [0.1, 0.15) is 5.60 Å². The number of carbonyl (C=O) groups is 3. The van der Waals surface area contributed by atoms with Crippen LogP contribution in [0.2, 0.25) is 0 Å². The monoisotopic (exact) mass is 576 g/mol. The highest BCUT2D eigenvalue weighted by molar-refractivity contribution is 7.85. The van der Waals surface area contributed by atoms with Gasteiger partial charge in [-0.3, -0.25) is 14.1 Å². The van der Waals surface area contributed by atoms with E-state index in [9.17, 15) is 37.6 Å². The number of aliphatic hydroxyl groups excluding tert-OH is 1. The Morgan fingerprint density at radius 1 is 1.20 bits per heavy atom. The van der Waals surface area contributed by atoms with Gasteiger partial charge in [-0.25, -0.2) is 9.18 Å². The third-order valence-electron chi connectivity index (χ3n) is 10.3. The summed E-state index contributed by atoms with van der Waals surface area (Å²) in [4.78, 5) is 37.7. The second kappa shape index (κ2) is 9.14. The van der Waals surface area contributed by atoms with Crippen molar-refractivity contribution in [2.24, 2.45) is 28.6 Å². The predicted octanol–water partition coefficient (Wildman–Crippen LogP) is 3.01. The maximum atomic E-state index is 17.3. The standard InChI is InChI=1S/C29H33FO9S/c1-16-11-22-21-8-7-18-13-19(31)9-10-26(18,2)28(21,30)23(32)14-27(22,3)29(16,35)24(33)15-39-25(34)17-5-4-6-20(12-17)40(36,37)38/h4-6,9-10,12-13,16,21-23,32,35H,7-8,11,14-15H2,1-3H3,(H,36,37,38)/t16?,21-,22-,23?,26-,27-,28-,29-/m0/s1. The molecular weight excluding hydrogens is 543 g/mol. The first-order valence-electron chi connectivity index (χ1n) is 13.3. The second-order valence-corrected chi connectivity index (χ2v) is 13.6. The zero-order chi connectivity index (χ0) is 29.5. The van der Waals surface area contributed by atoms with E-state index >= 15 is 4.39 Å². The number of halogens is 1. The van der Waals surface area contributed by atoms with Crippen molar-refractivity contribution < 1.29 is 46.7 Å². The molecule has 0 aliphatic heterocycles. The molecule has 0 bridgehead atoms. The molecule has 0 spiro atoms. The normalized spacial score (nSPS) is 40.5. The molecular formula is C29H33FO9S. The highest BCUT2D eigenvalue weighted by Gasteiger charge is 2.75. The summed E-state index contributed by atoms with van der Waals surface area (Å²) in [6, 6.07) is 4.48. The van der Waals surface area contributed by atoms with E-state index in [0.29, 0.717) is 24.8 Å². The molecule has 3 fully saturated rings. The van der Waals surface area contributed by atoms with Crippen molar-refractivity contribution in [1.82, 2.24) is 0 Å². The van der Waals surface area contributed by atoms with E-state index in [2.05, 4.69) is 0 Å². The molecule has 2 unspecified atom stereocenters. The summed E-state index contributed by atoms with van der Waals surface area (Å²) in [6.07, 6.45) is 3.64. The van der Waals surface area contributed by atoms with Crippen molar-refractivity contribution >= 4 is 27.7 Å². The number of carbonyl (C=O) groups excluding carboxylic acids is 3. The Kier molecular flexibility index (Phi) is 6.58. The first-order valence-corrected chi connectivity index (χ1v) is 14.8. The van der Waals surface area contributed by atoms with E-state index in [1.165, 1.54) is 30.4 Å². The number of fused-ring (bicyclic) bond motifs is 5. The lowest BCUT2D eigenvalue weighted by Gasteiger charge is -2.62. The molecule has 11 heteroatoms. The maximum Gasteiger partial charge on any atom is 0.338 e. The van der Waals surface area contributed by atoms with Gasteiger partial charge in [0.05, 0.1) is 16.6 Å². The fourth-order valence-corrected chi connectivity index (χ4v) is 8.77. The van der Waals surface area contributed by atoms with Crippen molar-refractivity contribution in [3.8, 4) is 0 Å². The zero-order valence-corrected chi connectivity index (χ0v) is 23.3. The van der Waals surface area contributed by atoms with Crippen LogP contribution in [-0.2, 0) is 24.4 Å². The van der Waals surface area contributed by atoms with Crippen LogP contribution in [0.15, 0.2) is 53.0 Å². The molecule has 9 nitrogen and oxygen atoms in total. The minimum atomic E-state index is -4.57. The van der Waals surface area contributed by atoms with Crippen LogP contribution in [0.3, 0.4) is 0 Å². The Morgan fingerprint density at radius 3 is 2.58 bits per heavy atom. The third kappa shape index (κ3) is 3.81. The molecule has 4 aliphatic rings. The molecule has 0 aromatic heterocycles. The molecule has 4 aliphatic carbocycles. The fourth-order valence-electron chi connectivity index (χ4n) is 8.25. The molecule has 216 valence electrons. The minimum Gasteiger partial charge on any atom is -0.454 e. The summed E-state index contributed by atoms with van der Waals surface area (Å²) in [5.41, 5.74) is -6.17. The van der Waals surface area contributed by atoms with E-state index < -0.39 is 79.3 Å². The average Bonchev–Trinajstić information content (AvgIpc) is 3.09. The van der Waals surface area contributed by atoms with Crippen molar-refractivity contribution in [3.63, 3.8) is 0 Å². The number of esters is 1. The summed E-state index contributed by atoms with van der Waals surface area (Å²) < 4.78 is 54.4. The molecule has 1 aromatic carbocycles. The van der Waals surface area contributed by atoms with E-state index in [4.69, 9.17) is 4.74 Å². The van der Waals surface area contributed by atoms with Crippen molar-refractivity contribution in [3.05, 3.63) is 53.6 Å². The van der Waals surface area contributed by atoms with Gasteiger partial charge in [-0.15, -0.1) is 0 Å². The lowest BCUT2D eigenvalue weighted by molar-refractivity contribution is -0.219.